The van der Waals surface area contributed by atoms with Gasteiger partial charge in [-0.05, 0) is 36.9 Å². The van der Waals surface area contributed by atoms with Crippen LogP contribution in [0.1, 0.15) is 15.9 Å². The lowest BCUT2D eigenvalue weighted by Gasteiger charge is -2.12. The third-order valence-corrected chi connectivity index (χ3v) is 4.06. The highest BCUT2D eigenvalue weighted by Gasteiger charge is 2.16. The van der Waals surface area contributed by atoms with Crippen molar-refractivity contribution in [2.75, 3.05) is 18.7 Å². The van der Waals surface area contributed by atoms with Crippen LogP contribution in [0.25, 0.3) is 0 Å². The Kier molecular flexibility index (Phi) is 5.23. The average Bonchev–Trinajstić information content (AvgIpc) is 2.55. The fourth-order valence-electron chi connectivity index (χ4n) is 2.03. The Morgan fingerprint density at radius 1 is 1.26 bits per heavy atom. The van der Waals surface area contributed by atoms with Crippen LogP contribution in [-0.2, 0) is 0 Å². The number of carbonyl (C=O) groups excluding carboxylic acids is 1. The van der Waals surface area contributed by atoms with Crippen LogP contribution < -0.4 is 10.1 Å². The van der Waals surface area contributed by atoms with Gasteiger partial charge in [-0.15, -0.1) is 11.8 Å². The summed E-state index contributed by atoms with van der Waals surface area (Å²) in [4.78, 5) is 23.8. The van der Waals surface area contributed by atoms with E-state index in [1.54, 1.807) is 36.9 Å². The van der Waals surface area contributed by atoms with Gasteiger partial charge in [0.1, 0.15) is 5.75 Å². The molecule has 2 rings (SSSR count). The SMILES string of the molecule is COc1cc(SC)ccc1C(=O)Nc1cc([N+](=O)[O-])ccc1C. The number of nitrogens with zero attached hydrogens (tertiary/aromatic N) is 1. The van der Waals surface area contributed by atoms with Gasteiger partial charge >= 0.3 is 0 Å². The van der Waals surface area contributed by atoms with Crippen molar-refractivity contribution < 1.29 is 14.5 Å². The van der Waals surface area contributed by atoms with Gasteiger partial charge in [0.05, 0.1) is 23.3 Å². The third kappa shape index (κ3) is 3.81. The molecule has 0 heterocycles. The topological polar surface area (TPSA) is 81.5 Å². The molecule has 1 N–H and O–H groups in total. The number of anilines is 1. The lowest BCUT2D eigenvalue weighted by atomic mass is 10.1. The summed E-state index contributed by atoms with van der Waals surface area (Å²) in [5.41, 5.74) is 1.44. The largest absolute Gasteiger partial charge is 0.496 e. The molecule has 0 atom stereocenters. The number of methoxy groups -OCH3 is 1. The molecule has 0 saturated carbocycles. The Bertz CT molecular complexity index is 762. The van der Waals surface area contributed by atoms with E-state index >= 15 is 0 Å². The lowest BCUT2D eigenvalue weighted by molar-refractivity contribution is -0.384. The molecular weight excluding hydrogens is 316 g/mol. The Hall–Kier alpha value is -2.54. The minimum atomic E-state index is -0.497. The number of benzene rings is 2. The number of nitro benzene ring substituents is 1. The molecule has 1 amide bonds. The van der Waals surface area contributed by atoms with Gasteiger partial charge in [0.2, 0.25) is 0 Å². The van der Waals surface area contributed by atoms with Crippen molar-refractivity contribution in [1.82, 2.24) is 0 Å². The molecule has 0 aliphatic rings. The molecule has 0 bridgehead atoms. The van der Waals surface area contributed by atoms with Crippen molar-refractivity contribution in [1.29, 1.82) is 0 Å². The van der Waals surface area contributed by atoms with E-state index in [-0.39, 0.29) is 11.6 Å². The van der Waals surface area contributed by atoms with Crippen LogP contribution in [0.4, 0.5) is 11.4 Å². The Balaban J connectivity index is 2.32. The van der Waals surface area contributed by atoms with E-state index in [1.807, 2.05) is 12.3 Å². The second-order valence-corrected chi connectivity index (χ2v) is 5.66. The van der Waals surface area contributed by atoms with E-state index in [9.17, 15) is 14.9 Å². The van der Waals surface area contributed by atoms with Crippen LogP contribution in [-0.4, -0.2) is 24.2 Å². The number of thioether (sulfide) groups is 1. The van der Waals surface area contributed by atoms with Crippen LogP contribution in [0.5, 0.6) is 5.75 Å². The van der Waals surface area contributed by atoms with Crippen LogP contribution in [0.15, 0.2) is 41.3 Å². The number of hydrogen-bond donors (Lipinski definition) is 1. The van der Waals surface area contributed by atoms with Crippen LogP contribution >= 0.6 is 11.8 Å². The highest BCUT2D eigenvalue weighted by molar-refractivity contribution is 7.98. The molecule has 0 spiro atoms. The van der Waals surface area contributed by atoms with Gasteiger partial charge in [0, 0.05) is 17.0 Å². The lowest BCUT2D eigenvalue weighted by Crippen LogP contribution is -2.14. The first-order chi connectivity index (χ1) is 11.0. The summed E-state index contributed by atoms with van der Waals surface area (Å²) in [5.74, 6) is 0.0792. The first-order valence-electron chi connectivity index (χ1n) is 6.74. The summed E-state index contributed by atoms with van der Waals surface area (Å²) in [6.07, 6.45) is 1.93. The summed E-state index contributed by atoms with van der Waals surface area (Å²) >= 11 is 1.54. The fourth-order valence-corrected chi connectivity index (χ4v) is 2.46. The van der Waals surface area contributed by atoms with Crippen molar-refractivity contribution in [3.8, 4) is 5.75 Å². The minimum Gasteiger partial charge on any atom is -0.496 e. The zero-order chi connectivity index (χ0) is 17.0. The van der Waals surface area contributed by atoms with E-state index in [0.717, 1.165) is 10.5 Å². The predicted octanol–water partition coefficient (Wildman–Crippen LogP) is 3.89. The number of nitrogens with one attached hydrogen (secondary N) is 1. The average molecular weight is 332 g/mol. The molecule has 2 aromatic rings. The molecule has 0 aromatic heterocycles. The van der Waals surface area contributed by atoms with Gasteiger partial charge in [-0.25, -0.2) is 0 Å². The standard InChI is InChI=1S/C16H16N2O4S/c1-10-4-5-11(18(20)21)8-14(10)17-16(19)13-7-6-12(23-3)9-15(13)22-2/h4-9H,1-3H3,(H,17,19). The number of non-ortho nitro benzene ring substituents is 1. The van der Waals surface area contributed by atoms with Crippen LogP contribution in [0.3, 0.4) is 0 Å². The fraction of sp³-hybridized carbons (Fsp3) is 0.188. The molecule has 0 aliphatic heterocycles. The van der Waals surface area contributed by atoms with E-state index in [0.29, 0.717) is 17.0 Å². The maximum atomic E-state index is 12.5. The molecule has 0 saturated heterocycles. The molecular formula is C16H16N2O4S. The van der Waals surface area contributed by atoms with Crippen LogP contribution in [0.2, 0.25) is 0 Å². The third-order valence-electron chi connectivity index (χ3n) is 3.33. The number of carbonyl (C=O) groups is 1. The van der Waals surface area contributed by atoms with Crippen molar-refractivity contribution in [3.63, 3.8) is 0 Å². The second-order valence-electron chi connectivity index (χ2n) is 4.78. The summed E-state index contributed by atoms with van der Waals surface area (Å²) in [6.45, 7) is 1.77. The molecule has 0 radical (unpaired) electrons. The van der Waals surface area contributed by atoms with Crippen LogP contribution in [0, 0.1) is 17.0 Å². The molecule has 23 heavy (non-hydrogen) atoms. The summed E-state index contributed by atoms with van der Waals surface area (Å²) < 4.78 is 5.26. The van der Waals surface area contributed by atoms with Gasteiger partial charge in [-0.1, -0.05) is 6.07 Å². The predicted molar refractivity (Wildman–Crippen MR) is 90.6 cm³/mol. The van der Waals surface area contributed by atoms with E-state index < -0.39 is 4.92 Å². The molecule has 0 fully saturated rings. The van der Waals surface area contributed by atoms with E-state index in [1.165, 1.54) is 19.2 Å². The maximum Gasteiger partial charge on any atom is 0.271 e. The Morgan fingerprint density at radius 2 is 2.00 bits per heavy atom. The first kappa shape index (κ1) is 16.8. The molecule has 2 aromatic carbocycles. The van der Waals surface area contributed by atoms with Crippen molar-refractivity contribution in [2.24, 2.45) is 0 Å². The number of ether oxygens (including phenoxy) is 1. The van der Waals surface area contributed by atoms with Crippen molar-refractivity contribution in [2.45, 2.75) is 11.8 Å². The molecule has 0 unspecified atom stereocenters. The summed E-state index contributed by atoms with van der Waals surface area (Å²) in [5, 5.41) is 13.6. The zero-order valence-corrected chi connectivity index (χ0v) is 13.8. The Morgan fingerprint density at radius 3 is 2.61 bits per heavy atom. The first-order valence-corrected chi connectivity index (χ1v) is 7.97. The van der Waals surface area contributed by atoms with Gasteiger partial charge < -0.3 is 10.1 Å². The zero-order valence-electron chi connectivity index (χ0n) is 13.0. The number of rotatable bonds is 5. The smallest absolute Gasteiger partial charge is 0.271 e. The van der Waals surface area contributed by atoms with Gasteiger partial charge in [-0.2, -0.15) is 0 Å². The highest BCUT2D eigenvalue weighted by atomic mass is 32.2. The quantitative estimate of drug-likeness (QED) is 0.510. The van der Waals surface area contributed by atoms with E-state index in [2.05, 4.69) is 5.32 Å². The maximum absolute atomic E-state index is 12.5. The normalized spacial score (nSPS) is 10.2. The summed E-state index contributed by atoms with van der Waals surface area (Å²) in [6, 6.07) is 9.62. The van der Waals surface area contributed by atoms with Gasteiger partial charge in [-0.3, -0.25) is 14.9 Å². The highest BCUT2D eigenvalue weighted by Crippen LogP contribution is 2.27. The molecule has 120 valence electrons. The van der Waals surface area contributed by atoms with E-state index in [4.69, 9.17) is 4.74 Å². The van der Waals surface area contributed by atoms with Gasteiger partial charge in [0.15, 0.2) is 0 Å². The number of aryl methyl sites for hydroxylation is 1. The number of amides is 1. The summed E-state index contributed by atoms with van der Waals surface area (Å²) in [7, 11) is 1.49. The number of hydrogen-bond acceptors (Lipinski definition) is 5. The van der Waals surface area contributed by atoms with Crippen molar-refractivity contribution in [3.05, 3.63) is 57.6 Å². The number of nitro groups is 1. The Labute approximate surface area is 138 Å². The van der Waals surface area contributed by atoms with Crippen molar-refractivity contribution >= 4 is 29.0 Å². The second kappa shape index (κ2) is 7.15. The molecule has 6 nitrogen and oxygen atoms in total. The molecule has 0 aliphatic carbocycles. The minimum absolute atomic E-state index is 0.0735. The molecule has 7 heteroatoms. The monoisotopic (exact) mass is 332 g/mol. The van der Waals surface area contributed by atoms with Gasteiger partial charge in [0.25, 0.3) is 11.6 Å².